The minimum Gasteiger partial charge on any atom is -0.344 e. The summed E-state index contributed by atoms with van der Waals surface area (Å²) in [5, 5.41) is 0.728. The van der Waals surface area contributed by atoms with Crippen molar-refractivity contribution in [3.63, 3.8) is 0 Å². The molecule has 0 radical (unpaired) electrons. The van der Waals surface area contributed by atoms with Crippen molar-refractivity contribution in [2.75, 3.05) is 11.4 Å². The van der Waals surface area contributed by atoms with Crippen molar-refractivity contribution in [1.29, 1.82) is 0 Å². The predicted molar refractivity (Wildman–Crippen MR) is 130 cm³/mol. The highest BCUT2D eigenvalue weighted by Crippen LogP contribution is 2.59. The first-order chi connectivity index (χ1) is 17.0. The van der Waals surface area contributed by atoms with Crippen molar-refractivity contribution >= 4 is 39.5 Å². The van der Waals surface area contributed by atoms with Crippen molar-refractivity contribution in [3.8, 4) is 5.69 Å². The van der Waals surface area contributed by atoms with Gasteiger partial charge in [-0.3, -0.25) is 9.36 Å². The highest BCUT2D eigenvalue weighted by molar-refractivity contribution is 6.35. The molecule has 1 atom stereocenters. The Kier molecular flexibility index (Phi) is 4.29. The molecule has 1 aliphatic carbocycles. The number of nitrogens with one attached hydrogen (secondary N) is 1. The quantitative estimate of drug-likeness (QED) is 0.375. The number of nitrogens with zero attached hydrogens (tertiary/aromatic N) is 6. The van der Waals surface area contributed by atoms with Gasteiger partial charge in [0.15, 0.2) is 11.5 Å². The molecule has 2 aromatic carbocycles. The van der Waals surface area contributed by atoms with Crippen molar-refractivity contribution in [2.45, 2.75) is 25.3 Å². The zero-order chi connectivity index (χ0) is 23.7. The molecule has 2 fully saturated rings. The summed E-state index contributed by atoms with van der Waals surface area (Å²) in [6.07, 6.45) is 3.55. The molecular weight excluding hydrogens is 469 g/mol. The van der Waals surface area contributed by atoms with E-state index in [1.807, 2.05) is 30.3 Å². The van der Waals surface area contributed by atoms with Crippen LogP contribution in [0.4, 0.5) is 10.2 Å². The Morgan fingerprint density at radius 3 is 2.69 bits per heavy atom. The number of para-hydroxylation sites is 1. The highest BCUT2D eigenvalue weighted by atomic mass is 35.5. The summed E-state index contributed by atoms with van der Waals surface area (Å²) >= 11 is 6.45. The van der Waals surface area contributed by atoms with E-state index in [0.29, 0.717) is 45.3 Å². The molecule has 1 aliphatic heterocycles. The first-order valence-corrected chi connectivity index (χ1v) is 11.8. The molecule has 10 heteroatoms. The summed E-state index contributed by atoms with van der Waals surface area (Å²) < 4.78 is 16.1. The molecule has 4 heterocycles. The number of halogens is 2. The van der Waals surface area contributed by atoms with E-state index in [1.54, 1.807) is 22.8 Å². The van der Waals surface area contributed by atoms with Gasteiger partial charge in [-0.2, -0.15) is 14.4 Å². The Balaban J connectivity index is 1.51. The maximum absolute atomic E-state index is 14.4. The second kappa shape index (κ2) is 7.32. The van der Waals surface area contributed by atoms with E-state index in [4.69, 9.17) is 16.6 Å². The van der Waals surface area contributed by atoms with Gasteiger partial charge >= 0.3 is 6.08 Å². The lowest BCUT2D eigenvalue weighted by atomic mass is 10.0. The van der Waals surface area contributed by atoms with Crippen LogP contribution in [0.3, 0.4) is 0 Å². The van der Waals surface area contributed by atoms with E-state index in [9.17, 15) is 9.18 Å². The van der Waals surface area contributed by atoms with Crippen LogP contribution in [0.15, 0.2) is 59.7 Å². The zero-order valence-electron chi connectivity index (χ0n) is 18.4. The Morgan fingerprint density at radius 2 is 1.89 bits per heavy atom. The van der Waals surface area contributed by atoms with Gasteiger partial charge in [-0.1, -0.05) is 35.9 Å². The Hall–Kier alpha value is -3.85. The number of imidazole rings is 1. The van der Waals surface area contributed by atoms with Gasteiger partial charge in [0, 0.05) is 6.54 Å². The molecule has 2 aliphatic rings. The van der Waals surface area contributed by atoms with E-state index < -0.39 is 6.08 Å². The Labute approximate surface area is 203 Å². The first kappa shape index (κ1) is 20.5. The molecule has 0 unspecified atom stereocenters. The van der Waals surface area contributed by atoms with Gasteiger partial charge in [-0.25, -0.2) is 9.97 Å². The summed E-state index contributed by atoms with van der Waals surface area (Å²) in [5.41, 5.74) is 1.90. The van der Waals surface area contributed by atoms with E-state index in [0.717, 1.165) is 19.3 Å². The molecule has 0 bridgehead atoms. The number of hydrogen-bond acceptors (Lipinski definition) is 6. The third kappa shape index (κ3) is 3.15. The van der Waals surface area contributed by atoms with Crippen LogP contribution in [0.2, 0.25) is 5.02 Å². The van der Waals surface area contributed by atoms with E-state index in [1.165, 1.54) is 6.33 Å². The largest absolute Gasteiger partial charge is 0.344 e. The van der Waals surface area contributed by atoms with Crippen LogP contribution in [0.5, 0.6) is 0 Å². The van der Waals surface area contributed by atoms with Gasteiger partial charge < -0.3 is 9.88 Å². The average Bonchev–Trinajstić information content (AvgIpc) is 3.26. The molecule has 8 nitrogen and oxygen atoms in total. The minimum atomic E-state index is -0.839. The molecular formula is C25H19ClFN7O. The SMILES string of the molecule is O=c1c2c(Cl)cccc2nc([C@@H]2CC3(CC3)CN2c2nc(F)nc3nc[nH]c23)n1-c1ccccc1. The maximum Gasteiger partial charge on any atom is 0.312 e. The number of hydrogen-bond donors (Lipinski definition) is 1. The van der Waals surface area contributed by atoms with Crippen LogP contribution in [-0.2, 0) is 0 Å². The number of benzene rings is 2. The lowest BCUT2D eigenvalue weighted by Gasteiger charge is -2.27. The van der Waals surface area contributed by atoms with Gasteiger partial charge in [0.25, 0.3) is 5.56 Å². The normalized spacial score (nSPS) is 18.7. The summed E-state index contributed by atoms with van der Waals surface area (Å²) in [7, 11) is 0. The second-order valence-corrected chi connectivity index (χ2v) is 9.75. The van der Waals surface area contributed by atoms with Gasteiger partial charge in [-0.05, 0) is 48.9 Å². The van der Waals surface area contributed by atoms with Crippen LogP contribution in [0.25, 0.3) is 27.8 Å². The van der Waals surface area contributed by atoms with Gasteiger partial charge in [-0.15, -0.1) is 0 Å². The molecule has 35 heavy (non-hydrogen) atoms. The molecule has 5 aromatic rings. The number of fused-ring (bicyclic) bond motifs is 2. The number of H-pyrrole nitrogens is 1. The van der Waals surface area contributed by atoms with Crippen molar-refractivity contribution in [2.24, 2.45) is 5.41 Å². The number of aromatic nitrogens is 6. The smallest absolute Gasteiger partial charge is 0.312 e. The third-order valence-corrected chi connectivity index (χ3v) is 7.48. The second-order valence-electron chi connectivity index (χ2n) is 9.35. The van der Waals surface area contributed by atoms with Crippen LogP contribution in [0, 0.1) is 11.5 Å². The van der Waals surface area contributed by atoms with Crippen LogP contribution in [0.1, 0.15) is 31.1 Å². The maximum atomic E-state index is 14.4. The monoisotopic (exact) mass is 487 g/mol. The molecule has 0 amide bonds. The standard InChI is InChI=1S/C25H19ClFN7O/c26-15-7-4-8-16-18(15)23(35)34(14-5-2-1-3-6-14)21(30-16)17-11-25(9-10-25)12-33(17)22-19-20(29-13-28-19)31-24(27)32-22/h1-8,13,17H,9-12H2,(H,28,29,31,32)/t17-/m0/s1. The van der Waals surface area contributed by atoms with Crippen molar-refractivity contribution < 1.29 is 4.39 Å². The molecule has 3 aromatic heterocycles. The average molecular weight is 488 g/mol. The summed E-state index contributed by atoms with van der Waals surface area (Å²) in [6, 6.07) is 14.4. The minimum absolute atomic E-state index is 0.0843. The topological polar surface area (TPSA) is 92.6 Å². The first-order valence-electron chi connectivity index (χ1n) is 11.4. The summed E-state index contributed by atoms with van der Waals surface area (Å²) in [4.78, 5) is 36.1. The fraction of sp³-hybridized carbons (Fsp3) is 0.240. The van der Waals surface area contributed by atoms with E-state index >= 15 is 0 Å². The van der Waals surface area contributed by atoms with E-state index in [2.05, 4.69) is 24.8 Å². The number of rotatable bonds is 3. The molecule has 1 N–H and O–H groups in total. The number of anilines is 1. The lowest BCUT2D eigenvalue weighted by Crippen LogP contribution is -2.32. The van der Waals surface area contributed by atoms with Crippen molar-refractivity contribution in [3.05, 3.63) is 82.1 Å². The molecule has 1 spiro atoms. The number of aromatic amines is 1. The molecule has 7 rings (SSSR count). The zero-order valence-corrected chi connectivity index (χ0v) is 19.2. The van der Waals surface area contributed by atoms with Gasteiger partial charge in [0.1, 0.15) is 11.3 Å². The lowest BCUT2D eigenvalue weighted by molar-refractivity contribution is 0.533. The Bertz CT molecular complexity index is 1680. The third-order valence-electron chi connectivity index (χ3n) is 7.16. The molecule has 1 saturated carbocycles. The summed E-state index contributed by atoms with van der Waals surface area (Å²) in [5.74, 6) is 1.00. The van der Waals surface area contributed by atoms with Crippen LogP contribution < -0.4 is 10.5 Å². The van der Waals surface area contributed by atoms with Crippen LogP contribution in [-0.4, -0.2) is 36.0 Å². The van der Waals surface area contributed by atoms with Crippen LogP contribution >= 0.6 is 11.6 Å². The highest BCUT2D eigenvalue weighted by Gasteiger charge is 2.54. The predicted octanol–water partition coefficient (Wildman–Crippen LogP) is 4.58. The fourth-order valence-electron chi connectivity index (χ4n) is 5.31. The Morgan fingerprint density at radius 1 is 1.06 bits per heavy atom. The summed E-state index contributed by atoms with van der Waals surface area (Å²) in [6.45, 7) is 0.681. The van der Waals surface area contributed by atoms with E-state index in [-0.39, 0.29) is 22.7 Å². The van der Waals surface area contributed by atoms with Crippen molar-refractivity contribution in [1.82, 2.24) is 29.5 Å². The fourth-order valence-corrected chi connectivity index (χ4v) is 5.56. The van der Waals surface area contributed by atoms with Gasteiger partial charge in [0.05, 0.1) is 34.0 Å². The molecule has 1 saturated heterocycles. The van der Waals surface area contributed by atoms with Gasteiger partial charge in [0.2, 0.25) is 0 Å². The molecule has 174 valence electrons.